The second-order valence-electron chi connectivity index (χ2n) is 8.36. The topological polar surface area (TPSA) is 58.3 Å². The Labute approximate surface area is 182 Å². The Morgan fingerprint density at radius 3 is 2.47 bits per heavy atom. The van der Waals surface area contributed by atoms with Gasteiger partial charge in [-0.25, -0.2) is 0 Å². The van der Waals surface area contributed by atoms with Crippen LogP contribution >= 0.6 is 11.6 Å². The van der Waals surface area contributed by atoms with Crippen LogP contribution in [-0.2, 0) is 16.1 Å². The fourth-order valence-corrected chi connectivity index (χ4v) is 4.59. The summed E-state index contributed by atoms with van der Waals surface area (Å²) < 4.78 is 0. The highest BCUT2D eigenvalue weighted by Crippen LogP contribution is 2.31. The molecule has 0 unspecified atom stereocenters. The van der Waals surface area contributed by atoms with Crippen molar-refractivity contribution < 1.29 is 19.4 Å². The van der Waals surface area contributed by atoms with Gasteiger partial charge in [0.25, 0.3) is 5.91 Å². The summed E-state index contributed by atoms with van der Waals surface area (Å²) in [5, 5.41) is 3.69. The molecule has 2 aromatic carbocycles. The second kappa shape index (κ2) is 9.16. The Morgan fingerprint density at radius 1 is 1.07 bits per heavy atom. The molecule has 1 fully saturated rings. The molecule has 0 spiro atoms. The van der Waals surface area contributed by atoms with Gasteiger partial charge in [0.05, 0.1) is 11.4 Å². The lowest BCUT2D eigenvalue weighted by atomic mass is 10.1. The average Bonchev–Trinajstić information content (AvgIpc) is 2.85. The van der Waals surface area contributed by atoms with E-state index in [1.54, 1.807) is 0 Å². The van der Waals surface area contributed by atoms with Crippen LogP contribution in [0.1, 0.15) is 18.9 Å². The van der Waals surface area contributed by atoms with Crippen LogP contribution in [0.25, 0.3) is 0 Å². The molecule has 4 rings (SSSR count). The van der Waals surface area contributed by atoms with E-state index in [9.17, 15) is 9.59 Å². The van der Waals surface area contributed by atoms with Crippen molar-refractivity contribution in [2.24, 2.45) is 0 Å². The lowest BCUT2D eigenvalue weighted by Gasteiger charge is -2.32. The Morgan fingerprint density at radius 2 is 1.73 bits per heavy atom. The zero-order valence-corrected chi connectivity index (χ0v) is 18.0. The molecule has 2 amide bonds. The van der Waals surface area contributed by atoms with Gasteiger partial charge in [-0.1, -0.05) is 35.9 Å². The molecule has 1 saturated heterocycles. The summed E-state index contributed by atoms with van der Waals surface area (Å²) in [5.74, 6) is 0.0413. The van der Waals surface area contributed by atoms with Gasteiger partial charge in [-0.05, 0) is 31.2 Å². The maximum atomic E-state index is 13.3. The molecule has 158 valence electrons. The molecule has 3 N–H and O–H groups in total. The van der Waals surface area contributed by atoms with E-state index in [1.165, 1.54) is 15.4 Å². The molecule has 2 aliphatic rings. The Balaban J connectivity index is 1.36. The van der Waals surface area contributed by atoms with Crippen molar-refractivity contribution in [3.63, 3.8) is 0 Å². The van der Waals surface area contributed by atoms with E-state index in [4.69, 9.17) is 11.6 Å². The van der Waals surface area contributed by atoms with Gasteiger partial charge in [0.2, 0.25) is 5.91 Å². The number of anilines is 2. The van der Waals surface area contributed by atoms with E-state index in [0.29, 0.717) is 18.7 Å². The van der Waals surface area contributed by atoms with Gasteiger partial charge in [-0.3, -0.25) is 9.59 Å². The number of halogens is 1. The Bertz CT molecular complexity index is 910. The molecule has 7 heteroatoms. The van der Waals surface area contributed by atoms with Gasteiger partial charge < -0.3 is 20.0 Å². The molecule has 2 heterocycles. The number of carbonyl (C=O) groups is 2. The monoisotopic (exact) mass is 428 g/mol. The van der Waals surface area contributed by atoms with Gasteiger partial charge >= 0.3 is 0 Å². The Kier molecular flexibility index (Phi) is 6.37. The van der Waals surface area contributed by atoms with Gasteiger partial charge in [0.1, 0.15) is 32.7 Å². The number of rotatable bonds is 4. The SMILES string of the molecule is C[C@@H]1CC(=O)Nc2ccccc2N1C(=O)C[NH+]1CC[NH+](Cc2ccc(Cl)cc2)CC1. The van der Waals surface area contributed by atoms with E-state index >= 15 is 0 Å². The van der Waals surface area contributed by atoms with Crippen molar-refractivity contribution in [1.29, 1.82) is 0 Å². The van der Waals surface area contributed by atoms with Crippen molar-refractivity contribution in [2.45, 2.75) is 25.9 Å². The Hall–Kier alpha value is -2.41. The predicted molar refractivity (Wildman–Crippen MR) is 118 cm³/mol. The van der Waals surface area contributed by atoms with E-state index in [2.05, 4.69) is 17.4 Å². The third-order valence-corrected chi connectivity index (χ3v) is 6.31. The van der Waals surface area contributed by atoms with Crippen LogP contribution in [-0.4, -0.2) is 50.6 Å². The second-order valence-corrected chi connectivity index (χ2v) is 8.80. The van der Waals surface area contributed by atoms with E-state index < -0.39 is 0 Å². The lowest BCUT2D eigenvalue weighted by Crippen LogP contribution is -3.28. The molecule has 6 nitrogen and oxygen atoms in total. The highest BCUT2D eigenvalue weighted by atomic mass is 35.5. The minimum Gasteiger partial charge on any atom is -0.324 e. The number of nitrogens with one attached hydrogen (secondary N) is 3. The van der Waals surface area contributed by atoms with E-state index in [1.807, 2.05) is 48.2 Å². The maximum Gasteiger partial charge on any atom is 0.282 e. The number of carbonyl (C=O) groups excluding carboxylic acids is 2. The summed E-state index contributed by atoms with van der Waals surface area (Å²) in [6.07, 6.45) is 0.314. The molecule has 1 atom stereocenters. The number of hydrogen-bond acceptors (Lipinski definition) is 2. The summed E-state index contributed by atoms with van der Waals surface area (Å²) in [4.78, 5) is 30.1. The van der Waals surface area contributed by atoms with Crippen molar-refractivity contribution in [2.75, 3.05) is 42.9 Å². The largest absolute Gasteiger partial charge is 0.324 e. The van der Waals surface area contributed by atoms with Gasteiger partial charge in [-0.15, -0.1) is 0 Å². The first-order chi connectivity index (χ1) is 14.5. The predicted octanol–water partition coefficient (Wildman–Crippen LogP) is 0.387. The number of para-hydroxylation sites is 2. The van der Waals surface area contributed by atoms with E-state index in [0.717, 1.165) is 43.4 Å². The zero-order chi connectivity index (χ0) is 21.1. The quantitative estimate of drug-likeness (QED) is 0.659. The first-order valence-corrected chi connectivity index (χ1v) is 11.0. The average molecular weight is 429 g/mol. The van der Waals surface area contributed by atoms with E-state index in [-0.39, 0.29) is 17.9 Å². The summed E-state index contributed by atoms with van der Waals surface area (Å²) in [5.41, 5.74) is 2.81. The summed E-state index contributed by atoms with van der Waals surface area (Å²) in [6, 6.07) is 15.5. The first kappa shape index (κ1) is 20.8. The van der Waals surface area contributed by atoms with Crippen LogP contribution < -0.4 is 20.0 Å². The molecule has 0 bridgehead atoms. The lowest BCUT2D eigenvalue weighted by molar-refractivity contribution is -1.02. The van der Waals surface area contributed by atoms with Gasteiger partial charge in [-0.2, -0.15) is 0 Å². The molecule has 0 aliphatic carbocycles. The van der Waals surface area contributed by atoms with Crippen molar-refractivity contribution in [1.82, 2.24) is 0 Å². The standard InChI is InChI=1S/C23H27ClN4O2/c1-17-14-22(29)25-20-4-2-3-5-21(20)28(17)23(30)16-27-12-10-26(11-13-27)15-18-6-8-19(24)9-7-18/h2-9,17H,10-16H2,1H3,(H,25,29)/p+2/t17-/m1/s1. The number of piperazine rings is 1. The number of benzene rings is 2. The third kappa shape index (κ3) is 4.83. The molecule has 0 aromatic heterocycles. The summed E-state index contributed by atoms with van der Waals surface area (Å²) in [7, 11) is 0. The van der Waals surface area contributed by atoms with Crippen molar-refractivity contribution in [3.05, 3.63) is 59.1 Å². The highest BCUT2D eigenvalue weighted by molar-refractivity contribution is 6.30. The van der Waals surface area contributed by atoms with Crippen LogP contribution in [0.3, 0.4) is 0 Å². The minimum atomic E-state index is -0.155. The van der Waals surface area contributed by atoms with Crippen molar-refractivity contribution >= 4 is 34.8 Å². The minimum absolute atomic E-state index is 0.0444. The number of amides is 2. The number of fused-ring (bicyclic) bond motifs is 1. The summed E-state index contributed by atoms with van der Waals surface area (Å²) >= 11 is 5.98. The third-order valence-electron chi connectivity index (χ3n) is 6.06. The van der Waals surface area contributed by atoms with Crippen LogP contribution in [0.15, 0.2) is 48.5 Å². The molecular weight excluding hydrogens is 400 g/mol. The fraction of sp³-hybridized carbons (Fsp3) is 0.391. The zero-order valence-electron chi connectivity index (χ0n) is 17.3. The van der Waals surface area contributed by atoms with Crippen LogP contribution in [0.2, 0.25) is 5.02 Å². The van der Waals surface area contributed by atoms with Crippen molar-refractivity contribution in [3.8, 4) is 0 Å². The molecule has 2 aromatic rings. The number of quaternary nitrogens is 2. The molecule has 2 aliphatic heterocycles. The normalized spacial score (nSPS) is 24.0. The molecule has 30 heavy (non-hydrogen) atoms. The van der Waals surface area contributed by atoms with Crippen LogP contribution in [0.5, 0.6) is 0 Å². The molecule has 0 radical (unpaired) electrons. The van der Waals surface area contributed by atoms with Crippen LogP contribution in [0, 0.1) is 0 Å². The first-order valence-electron chi connectivity index (χ1n) is 10.6. The molecule has 0 saturated carbocycles. The van der Waals surface area contributed by atoms with Gasteiger partial charge in [0.15, 0.2) is 6.54 Å². The smallest absolute Gasteiger partial charge is 0.282 e. The number of hydrogen-bond donors (Lipinski definition) is 3. The maximum absolute atomic E-state index is 13.3. The number of nitrogens with zero attached hydrogens (tertiary/aromatic N) is 1. The highest BCUT2D eigenvalue weighted by Gasteiger charge is 2.33. The van der Waals surface area contributed by atoms with Crippen LogP contribution in [0.4, 0.5) is 11.4 Å². The fourth-order valence-electron chi connectivity index (χ4n) is 4.47. The molecular formula is C23H29ClN4O2+2. The van der Waals surface area contributed by atoms with Gasteiger partial charge in [0, 0.05) is 23.0 Å². The summed E-state index contributed by atoms with van der Waals surface area (Å²) in [6.45, 7) is 7.41.